The SMILES string of the molecule is OC(=S)SN1CCCCC1. The van der Waals surface area contributed by atoms with Crippen molar-refractivity contribution >= 4 is 28.5 Å². The van der Waals surface area contributed by atoms with Crippen LogP contribution in [0.2, 0.25) is 0 Å². The third kappa shape index (κ3) is 2.86. The van der Waals surface area contributed by atoms with Crippen molar-refractivity contribution in [2.24, 2.45) is 0 Å². The van der Waals surface area contributed by atoms with Gasteiger partial charge < -0.3 is 5.11 Å². The number of nitrogens with zero attached hydrogens (tertiary/aromatic N) is 1. The van der Waals surface area contributed by atoms with Crippen LogP contribution >= 0.6 is 24.2 Å². The molecule has 0 bridgehead atoms. The van der Waals surface area contributed by atoms with Crippen LogP contribution in [0.1, 0.15) is 19.3 Å². The Hall–Kier alpha value is 0.200. The van der Waals surface area contributed by atoms with Crippen molar-refractivity contribution in [1.82, 2.24) is 4.31 Å². The minimum atomic E-state index is 0.0434. The van der Waals surface area contributed by atoms with E-state index in [1.165, 1.54) is 31.2 Å². The van der Waals surface area contributed by atoms with Gasteiger partial charge in [-0.2, -0.15) is 0 Å². The van der Waals surface area contributed by atoms with Crippen molar-refractivity contribution in [3.05, 3.63) is 0 Å². The molecular weight excluding hydrogens is 166 g/mol. The summed E-state index contributed by atoms with van der Waals surface area (Å²) in [6.07, 6.45) is 3.78. The summed E-state index contributed by atoms with van der Waals surface area (Å²) in [6.45, 7) is 2.12. The van der Waals surface area contributed by atoms with E-state index in [0.29, 0.717) is 0 Å². The van der Waals surface area contributed by atoms with Crippen LogP contribution in [0, 0.1) is 0 Å². The lowest BCUT2D eigenvalue weighted by atomic mass is 10.2. The predicted molar refractivity (Wildman–Crippen MR) is 48.2 cm³/mol. The number of aliphatic hydroxyl groups is 1. The Morgan fingerprint density at radius 3 is 2.40 bits per heavy atom. The first-order valence-electron chi connectivity index (χ1n) is 3.45. The summed E-state index contributed by atoms with van der Waals surface area (Å²) in [4.78, 5) is 0. The molecule has 1 N–H and O–H groups in total. The zero-order chi connectivity index (χ0) is 7.40. The van der Waals surface area contributed by atoms with Gasteiger partial charge in [-0.15, -0.1) is 0 Å². The third-order valence-corrected chi connectivity index (χ3v) is 2.53. The Labute approximate surface area is 70.7 Å². The Balaban J connectivity index is 2.19. The smallest absolute Gasteiger partial charge is 0.233 e. The number of hydrogen-bond acceptors (Lipinski definition) is 3. The molecule has 0 aromatic carbocycles. The van der Waals surface area contributed by atoms with Gasteiger partial charge in [-0.25, -0.2) is 4.31 Å². The largest absolute Gasteiger partial charge is 0.493 e. The molecular formula is C6H11NOS2. The standard InChI is InChI=1S/C6H11NOS2/c8-6(9)10-7-4-2-1-3-5-7/h1-5H2,(H,8,9). The summed E-state index contributed by atoms with van der Waals surface area (Å²) >= 11 is 5.85. The number of hydrogen-bond donors (Lipinski definition) is 1. The first kappa shape index (κ1) is 8.30. The number of piperidine rings is 1. The molecule has 1 saturated heterocycles. The Morgan fingerprint density at radius 2 is 1.90 bits per heavy atom. The average Bonchev–Trinajstić information content (AvgIpc) is 1.88. The van der Waals surface area contributed by atoms with Crippen LogP contribution in [0.25, 0.3) is 0 Å². The molecule has 1 heterocycles. The van der Waals surface area contributed by atoms with E-state index in [9.17, 15) is 0 Å². The minimum absolute atomic E-state index is 0.0434. The first-order valence-corrected chi connectivity index (χ1v) is 4.63. The molecule has 0 saturated carbocycles. The molecule has 0 atom stereocenters. The molecule has 10 heavy (non-hydrogen) atoms. The van der Waals surface area contributed by atoms with Gasteiger partial charge in [0, 0.05) is 25.0 Å². The molecule has 0 spiro atoms. The van der Waals surface area contributed by atoms with E-state index in [1.54, 1.807) is 0 Å². The van der Waals surface area contributed by atoms with E-state index >= 15 is 0 Å². The molecule has 0 aromatic rings. The molecule has 1 aliphatic rings. The minimum Gasteiger partial charge on any atom is -0.493 e. The lowest BCUT2D eigenvalue weighted by Gasteiger charge is -2.23. The Morgan fingerprint density at radius 1 is 1.30 bits per heavy atom. The van der Waals surface area contributed by atoms with Gasteiger partial charge in [0.25, 0.3) is 0 Å². The zero-order valence-corrected chi connectivity index (χ0v) is 7.38. The summed E-state index contributed by atoms with van der Waals surface area (Å²) < 4.78 is 2.16. The van der Waals surface area contributed by atoms with Crippen LogP contribution in [0.3, 0.4) is 0 Å². The highest BCUT2D eigenvalue weighted by molar-refractivity contribution is 8.20. The average molecular weight is 177 g/mol. The normalized spacial score (nSPS) is 20.8. The fourth-order valence-corrected chi connectivity index (χ4v) is 2.04. The molecule has 0 amide bonds. The molecule has 1 fully saturated rings. The molecule has 0 aliphatic carbocycles. The van der Waals surface area contributed by atoms with Crippen LogP contribution in [0.15, 0.2) is 0 Å². The molecule has 2 nitrogen and oxygen atoms in total. The predicted octanol–water partition coefficient (Wildman–Crippen LogP) is 1.96. The van der Waals surface area contributed by atoms with Gasteiger partial charge in [-0.1, -0.05) is 6.42 Å². The first-order chi connectivity index (χ1) is 4.79. The molecule has 0 radical (unpaired) electrons. The Bertz CT molecular complexity index is 123. The summed E-state index contributed by atoms with van der Waals surface area (Å²) in [6, 6.07) is 0. The number of thiocarbonyl (C=S) groups is 1. The van der Waals surface area contributed by atoms with E-state index < -0.39 is 0 Å². The molecule has 0 aromatic heterocycles. The van der Waals surface area contributed by atoms with E-state index in [1.807, 2.05) is 0 Å². The van der Waals surface area contributed by atoms with E-state index in [2.05, 4.69) is 16.5 Å². The Kier molecular flexibility index (Phi) is 3.45. The summed E-state index contributed by atoms with van der Waals surface area (Å²) in [7, 11) is 0. The quantitative estimate of drug-likeness (QED) is 0.488. The van der Waals surface area contributed by atoms with Crippen molar-refractivity contribution in [3.63, 3.8) is 0 Å². The highest BCUT2D eigenvalue weighted by Gasteiger charge is 2.11. The fourth-order valence-electron chi connectivity index (χ4n) is 1.07. The summed E-state index contributed by atoms with van der Waals surface area (Å²) in [5.74, 6) is 0. The molecule has 1 rings (SSSR count). The number of aliphatic hydroxyl groups excluding tert-OH is 1. The lowest BCUT2D eigenvalue weighted by molar-refractivity contribution is 0.381. The maximum absolute atomic E-state index is 8.76. The lowest BCUT2D eigenvalue weighted by Crippen LogP contribution is -2.24. The van der Waals surface area contributed by atoms with Crippen LogP contribution in [0.4, 0.5) is 0 Å². The van der Waals surface area contributed by atoms with Crippen molar-refractivity contribution in [2.75, 3.05) is 13.1 Å². The van der Waals surface area contributed by atoms with E-state index in [4.69, 9.17) is 5.11 Å². The van der Waals surface area contributed by atoms with Gasteiger partial charge in [0.15, 0.2) is 0 Å². The van der Waals surface area contributed by atoms with Gasteiger partial charge in [0.2, 0.25) is 4.38 Å². The highest BCUT2D eigenvalue weighted by Crippen LogP contribution is 2.17. The second kappa shape index (κ2) is 4.16. The van der Waals surface area contributed by atoms with Gasteiger partial charge in [0.05, 0.1) is 0 Å². The fraction of sp³-hybridized carbons (Fsp3) is 0.833. The molecule has 4 heteroatoms. The van der Waals surface area contributed by atoms with Gasteiger partial charge in [-0.05, 0) is 25.1 Å². The van der Waals surface area contributed by atoms with Crippen molar-refractivity contribution < 1.29 is 5.11 Å². The molecule has 0 unspecified atom stereocenters. The van der Waals surface area contributed by atoms with Gasteiger partial charge in [0.1, 0.15) is 0 Å². The van der Waals surface area contributed by atoms with E-state index in [-0.39, 0.29) is 4.38 Å². The second-order valence-electron chi connectivity index (χ2n) is 2.35. The van der Waals surface area contributed by atoms with Crippen LogP contribution in [0.5, 0.6) is 0 Å². The molecule has 1 aliphatic heterocycles. The summed E-state index contributed by atoms with van der Waals surface area (Å²) in [5, 5.41) is 8.76. The van der Waals surface area contributed by atoms with Crippen LogP contribution in [-0.4, -0.2) is 26.9 Å². The maximum Gasteiger partial charge on any atom is 0.233 e. The monoisotopic (exact) mass is 177 g/mol. The zero-order valence-electron chi connectivity index (χ0n) is 5.75. The summed E-state index contributed by atoms with van der Waals surface area (Å²) in [5.41, 5.74) is 0. The van der Waals surface area contributed by atoms with Gasteiger partial charge >= 0.3 is 0 Å². The van der Waals surface area contributed by atoms with Crippen molar-refractivity contribution in [1.29, 1.82) is 0 Å². The second-order valence-corrected chi connectivity index (χ2v) is 4.08. The highest BCUT2D eigenvalue weighted by atomic mass is 32.2. The number of rotatable bonds is 1. The van der Waals surface area contributed by atoms with Crippen LogP contribution in [-0.2, 0) is 0 Å². The third-order valence-electron chi connectivity index (χ3n) is 1.52. The van der Waals surface area contributed by atoms with Crippen LogP contribution < -0.4 is 0 Å². The topological polar surface area (TPSA) is 23.5 Å². The van der Waals surface area contributed by atoms with E-state index in [0.717, 1.165) is 13.1 Å². The maximum atomic E-state index is 8.76. The van der Waals surface area contributed by atoms with Crippen molar-refractivity contribution in [2.45, 2.75) is 19.3 Å². The van der Waals surface area contributed by atoms with Crippen molar-refractivity contribution in [3.8, 4) is 0 Å². The molecule has 58 valence electrons. The van der Waals surface area contributed by atoms with Gasteiger partial charge in [-0.3, -0.25) is 0 Å².